The molecule has 0 heterocycles. The smallest absolute Gasteiger partial charge is 0.175 e. The van der Waals surface area contributed by atoms with Crippen molar-refractivity contribution in [1.82, 2.24) is 0 Å². The van der Waals surface area contributed by atoms with E-state index in [1.165, 1.54) is 6.42 Å². The Morgan fingerprint density at radius 2 is 2.29 bits per heavy atom. The molecule has 0 radical (unpaired) electrons. The van der Waals surface area contributed by atoms with E-state index in [1.54, 1.807) is 0 Å². The lowest BCUT2D eigenvalue weighted by atomic mass is 9.88. The zero-order valence-corrected chi connectivity index (χ0v) is 9.25. The van der Waals surface area contributed by atoms with Gasteiger partial charge in [-0.3, -0.25) is 4.79 Å². The van der Waals surface area contributed by atoms with Gasteiger partial charge in [0.15, 0.2) is 5.78 Å². The van der Waals surface area contributed by atoms with Gasteiger partial charge in [-0.2, -0.15) is 0 Å². The van der Waals surface area contributed by atoms with Crippen LogP contribution in [0.15, 0.2) is 11.6 Å². The highest BCUT2D eigenvalue weighted by Crippen LogP contribution is 2.21. The summed E-state index contributed by atoms with van der Waals surface area (Å²) in [7, 11) is 0. The topological polar surface area (TPSA) is 43.1 Å². The summed E-state index contributed by atoms with van der Waals surface area (Å²) in [5, 5.41) is 0. The summed E-state index contributed by atoms with van der Waals surface area (Å²) in [6, 6.07) is -0.288. The average Bonchev–Trinajstić information content (AvgIpc) is 2.27. The first-order valence-electron chi connectivity index (χ1n) is 5.65. The Morgan fingerprint density at radius 3 is 2.79 bits per heavy atom. The second-order valence-corrected chi connectivity index (χ2v) is 4.25. The van der Waals surface area contributed by atoms with Gasteiger partial charge >= 0.3 is 0 Å². The molecule has 0 spiro atoms. The van der Waals surface area contributed by atoms with Crippen LogP contribution < -0.4 is 5.73 Å². The number of ketones is 1. The van der Waals surface area contributed by atoms with E-state index in [-0.39, 0.29) is 11.8 Å². The van der Waals surface area contributed by atoms with Crippen LogP contribution in [0.3, 0.4) is 0 Å². The van der Waals surface area contributed by atoms with Crippen LogP contribution in [0.5, 0.6) is 0 Å². The third kappa shape index (κ3) is 2.68. The number of hydrogen-bond acceptors (Lipinski definition) is 2. The van der Waals surface area contributed by atoms with E-state index in [1.807, 2.05) is 6.92 Å². The normalized spacial score (nSPS) is 21.2. The predicted molar refractivity (Wildman–Crippen MR) is 59.0 cm³/mol. The molecule has 2 atom stereocenters. The summed E-state index contributed by atoms with van der Waals surface area (Å²) in [4.78, 5) is 11.9. The van der Waals surface area contributed by atoms with Crippen molar-refractivity contribution in [2.75, 3.05) is 0 Å². The van der Waals surface area contributed by atoms with E-state index in [9.17, 15) is 4.79 Å². The lowest BCUT2D eigenvalue weighted by molar-refractivity contribution is -0.118. The summed E-state index contributed by atoms with van der Waals surface area (Å²) in [6.07, 6.45) is 7.39. The van der Waals surface area contributed by atoms with E-state index in [0.717, 1.165) is 31.3 Å². The quantitative estimate of drug-likeness (QED) is 0.748. The highest BCUT2D eigenvalue weighted by Gasteiger charge is 2.23. The summed E-state index contributed by atoms with van der Waals surface area (Å²) in [6.45, 7) is 4.12. The van der Waals surface area contributed by atoms with Crippen LogP contribution in [0.2, 0.25) is 0 Å². The molecule has 0 saturated carbocycles. The first-order chi connectivity index (χ1) is 6.66. The molecule has 14 heavy (non-hydrogen) atoms. The van der Waals surface area contributed by atoms with Gasteiger partial charge < -0.3 is 5.73 Å². The van der Waals surface area contributed by atoms with Crippen LogP contribution in [0.1, 0.15) is 46.0 Å². The molecule has 0 aliphatic heterocycles. The van der Waals surface area contributed by atoms with Crippen molar-refractivity contribution in [2.24, 2.45) is 11.7 Å². The van der Waals surface area contributed by atoms with Crippen molar-refractivity contribution >= 4 is 5.78 Å². The van der Waals surface area contributed by atoms with Crippen LogP contribution in [0, 0.1) is 5.92 Å². The number of carbonyl (C=O) groups excluding carboxylic acids is 1. The van der Waals surface area contributed by atoms with Crippen molar-refractivity contribution in [3.05, 3.63) is 11.6 Å². The van der Waals surface area contributed by atoms with Crippen LogP contribution in [-0.2, 0) is 4.79 Å². The first kappa shape index (κ1) is 11.4. The number of carbonyl (C=O) groups is 1. The van der Waals surface area contributed by atoms with Gasteiger partial charge in [-0.1, -0.05) is 26.3 Å². The van der Waals surface area contributed by atoms with Gasteiger partial charge in [-0.05, 0) is 37.2 Å². The molecule has 0 aromatic carbocycles. The minimum Gasteiger partial charge on any atom is -0.321 e. The van der Waals surface area contributed by atoms with Gasteiger partial charge in [0.1, 0.15) is 0 Å². The molecular weight excluding hydrogens is 174 g/mol. The van der Waals surface area contributed by atoms with E-state index >= 15 is 0 Å². The Bertz CT molecular complexity index is 232. The maximum Gasteiger partial charge on any atom is 0.175 e. The fourth-order valence-corrected chi connectivity index (χ4v) is 1.79. The average molecular weight is 195 g/mol. The van der Waals surface area contributed by atoms with E-state index in [2.05, 4.69) is 13.0 Å². The maximum absolute atomic E-state index is 11.9. The van der Waals surface area contributed by atoms with Crippen LogP contribution in [0.25, 0.3) is 0 Å². The standard InChI is InChI=1S/C12H21NO/c1-3-9(2)11(13)12(14)10-7-5-4-6-8-10/h7,9,11H,3-6,8,13H2,1-2H3. The van der Waals surface area contributed by atoms with Crippen molar-refractivity contribution in [2.45, 2.75) is 52.0 Å². The summed E-state index contributed by atoms with van der Waals surface area (Å²) < 4.78 is 0. The van der Waals surface area contributed by atoms with E-state index < -0.39 is 0 Å². The van der Waals surface area contributed by atoms with Crippen molar-refractivity contribution < 1.29 is 4.79 Å². The van der Waals surface area contributed by atoms with Gasteiger partial charge in [0.2, 0.25) is 0 Å². The second kappa shape index (κ2) is 5.30. The van der Waals surface area contributed by atoms with Crippen molar-refractivity contribution in [3.8, 4) is 0 Å². The second-order valence-electron chi connectivity index (χ2n) is 4.25. The Labute approximate surface area is 86.6 Å². The molecule has 1 rings (SSSR count). The summed E-state index contributed by atoms with van der Waals surface area (Å²) in [5.41, 5.74) is 6.89. The molecular formula is C12H21NO. The molecule has 1 aliphatic carbocycles. The molecule has 2 nitrogen and oxygen atoms in total. The fraction of sp³-hybridized carbons (Fsp3) is 0.750. The number of Topliss-reactive ketones (excluding diaryl/α,β-unsaturated/α-hetero) is 1. The molecule has 2 unspecified atom stereocenters. The van der Waals surface area contributed by atoms with Crippen LogP contribution >= 0.6 is 0 Å². The monoisotopic (exact) mass is 195 g/mol. The number of nitrogens with two attached hydrogens (primary N) is 1. The zero-order chi connectivity index (χ0) is 10.6. The minimum absolute atomic E-state index is 0.180. The lowest BCUT2D eigenvalue weighted by Gasteiger charge is -2.20. The number of allylic oxidation sites excluding steroid dienone is 1. The summed E-state index contributed by atoms with van der Waals surface area (Å²) in [5.74, 6) is 0.476. The van der Waals surface area contributed by atoms with E-state index in [0.29, 0.717) is 5.92 Å². The molecule has 0 aromatic heterocycles. The van der Waals surface area contributed by atoms with Crippen molar-refractivity contribution in [3.63, 3.8) is 0 Å². The van der Waals surface area contributed by atoms with Crippen LogP contribution in [-0.4, -0.2) is 11.8 Å². The zero-order valence-electron chi connectivity index (χ0n) is 9.25. The molecule has 2 heteroatoms. The van der Waals surface area contributed by atoms with Gasteiger partial charge in [-0.25, -0.2) is 0 Å². The molecule has 0 amide bonds. The molecule has 0 fully saturated rings. The van der Waals surface area contributed by atoms with Gasteiger partial charge in [0, 0.05) is 0 Å². The maximum atomic E-state index is 11.9. The lowest BCUT2D eigenvalue weighted by Crippen LogP contribution is -2.37. The largest absolute Gasteiger partial charge is 0.321 e. The highest BCUT2D eigenvalue weighted by atomic mass is 16.1. The van der Waals surface area contributed by atoms with Gasteiger partial charge in [0.25, 0.3) is 0 Å². The van der Waals surface area contributed by atoms with Crippen LogP contribution in [0.4, 0.5) is 0 Å². The molecule has 80 valence electrons. The summed E-state index contributed by atoms with van der Waals surface area (Å²) >= 11 is 0. The SMILES string of the molecule is CCC(C)C(N)C(=O)C1=CCCCC1. The van der Waals surface area contributed by atoms with Gasteiger partial charge in [-0.15, -0.1) is 0 Å². The number of hydrogen-bond donors (Lipinski definition) is 1. The first-order valence-corrected chi connectivity index (χ1v) is 5.65. The molecule has 0 saturated heterocycles. The Morgan fingerprint density at radius 1 is 1.57 bits per heavy atom. The Hall–Kier alpha value is -0.630. The minimum atomic E-state index is -0.288. The fourth-order valence-electron chi connectivity index (χ4n) is 1.79. The molecule has 2 N–H and O–H groups in total. The third-order valence-electron chi connectivity index (χ3n) is 3.17. The molecule has 0 aromatic rings. The third-order valence-corrected chi connectivity index (χ3v) is 3.17. The Kier molecular flexibility index (Phi) is 4.33. The van der Waals surface area contributed by atoms with Crippen molar-refractivity contribution in [1.29, 1.82) is 0 Å². The molecule has 0 bridgehead atoms. The van der Waals surface area contributed by atoms with E-state index in [4.69, 9.17) is 5.73 Å². The van der Waals surface area contributed by atoms with Gasteiger partial charge in [0.05, 0.1) is 6.04 Å². The predicted octanol–water partition coefficient (Wildman–Crippen LogP) is 2.43. The Balaban J connectivity index is 2.59. The number of rotatable bonds is 4. The highest BCUT2D eigenvalue weighted by molar-refractivity contribution is 5.99. The molecule has 1 aliphatic rings.